The molecule has 0 radical (unpaired) electrons. The van der Waals surface area contributed by atoms with Crippen molar-refractivity contribution in [3.63, 3.8) is 0 Å². The average molecular weight is 224 g/mol. The quantitative estimate of drug-likeness (QED) is 0.795. The number of aliphatic carboxylic acids is 1. The predicted octanol–water partition coefficient (Wildman–Crippen LogP) is 0.249. The molecule has 0 atom stereocenters. The molecule has 0 spiro atoms. The third-order valence-corrected chi connectivity index (χ3v) is 2.90. The van der Waals surface area contributed by atoms with Gasteiger partial charge in [0.1, 0.15) is 6.26 Å². The number of nitrogens with zero attached hydrogens (tertiary/aromatic N) is 2. The highest BCUT2D eigenvalue weighted by molar-refractivity contribution is 5.76. The molecule has 0 aliphatic carbocycles. The summed E-state index contributed by atoms with van der Waals surface area (Å²) in [6, 6.07) is 1.65. The maximum absolute atomic E-state index is 11.1. The summed E-state index contributed by atoms with van der Waals surface area (Å²) >= 11 is 0. The van der Waals surface area contributed by atoms with Crippen LogP contribution >= 0.6 is 0 Å². The number of amides is 1. The van der Waals surface area contributed by atoms with Crippen molar-refractivity contribution in [2.24, 2.45) is 0 Å². The molecule has 6 heteroatoms. The maximum atomic E-state index is 11.1. The summed E-state index contributed by atoms with van der Waals surface area (Å²) in [5.41, 5.74) is 0.0252. The van der Waals surface area contributed by atoms with E-state index in [0.717, 1.165) is 0 Å². The number of carbonyl (C=O) groups excluding carboxylic acids is 1. The Morgan fingerprint density at radius 1 is 1.62 bits per heavy atom. The number of carboxylic acid groups (broad SMARTS) is 1. The van der Waals surface area contributed by atoms with Crippen LogP contribution in [0.5, 0.6) is 0 Å². The predicted molar refractivity (Wildman–Crippen MR) is 52.7 cm³/mol. The highest BCUT2D eigenvalue weighted by Gasteiger charge is 2.48. The van der Waals surface area contributed by atoms with Gasteiger partial charge in [0.2, 0.25) is 5.91 Å². The molecule has 0 bridgehead atoms. The largest absolute Gasteiger partial charge is 0.481 e. The van der Waals surface area contributed by atoms with Crippen LogP contribution in [-0.4, -0.2) is 40.1 Å². The molecule has 86 valence electrons. The van der Waals surface area contributed by atoms with E-state index in [1.807, 2.05) is 0 Å². The molecule has 16 heavy (non-hydrogen) atoms. The lowest BCUT2D eigenvalue weighted by Gasteiger charge is -2.47. The number of carbonyl (C=O) groups is 2. The van der Waals surface area contributed by atoms with Crippen molar-refractivity contribution in [3.05, 3.63) is 18.0 Å². The fourth-order valence-corrected chi connectivity index (χ4v) is 2.05. The van der Waals surface area contributed by atoms with Gasteiger partial charge in [-0.05, 0) is 0 Å². The minimum atomic E-state index is -0.897. The first-order valence-corrected chi connectivity index (χ1v) is 4.92. The van der Waals surface area contributed by atoms with E-state index in [1.54, 1.807) is 11.0 Å². The third-order valence-electron chi connectivity index (χ3n) is 2.90. The number of hydrogen-bond acceptors (Lipinski definition) is 4. The van der Waals surface area contributed by atoms with E-state index >= 15 is 0 Å². The lowest BCUT2D eigenvalue weighted by Crippen LogP contribution is -2.61. The summed E-state index contributed by atoms with van der Waals surface area (Å²) in [4.78, 5) is 23.5. The third kappa shape index (κ3) is 1.66. The molecule has 1 amide bonds. The zero-order chi connectivity index (χ0) is 11.8. The fraction of sp³-hybridized carbons (Fsp3) is 0.500. The average Bonchev–Trinajstić information content (AvgIpc) is 2.62. The maximum Gasteiger partial charge on any atom is 0.304 e. The standard InChI is InChI=1S/C10H12N2O4/c1-7(13)12-5-10(6-12,4-9(14)15)8-2-3-16-11-8/h2-3H,4-6H2,1H3,(H,14,15). The van der Waals surface area contributed by atoms with E-state index in [2.05, 4.69) is 5.16 Å². The van der Waals surface area contributed by atoms with Crippen LogP contribution < -0.4 is 0 Å². The van der Waals surface area contributed by atoms with Gasteiger partial charge >= 0.3 is 5.97 Å². The van der Waals surface area contributed by atoms with E-state index in [4.69, 9.17) is 9.63 Å². The Hall–Kier alpha value is -1.85. The van der Waals surface area contributed by atoms with Gasteiger partial charge in [-0.15, -0.1) is 0 Å². The molecule has 1 aromatic rings. The second-order valence-corrected chi connectivity index (χ2v) is 4.11. The van der Waals surface area contributed by atoms with Gasteiger partial charge in [0.15, 0.2) is 0 Å². The van der Waals surface area contributed by atoms with Crippen LogP contribution in [0.15, 0.2) is 16.9 Å². The number of rotatable bonds is 3. The molecule has 0 saturated carbocycles. The molecular weight excluding hydrogens is 212 g/mol. The highest BCUT2D eigenvalue weighted by atomic mass is 16.5. The minimum absolute atomic E-state index is 0.0384. The molecule has 0 unspecified atom stereocenters. The van der Waals surface area contributed by atoms with Crippen molar-refractivity contribution in [3.8, 4) is 0 Å². The van der Waals surface area contributed by atoms with Crippen LogP contribution in [0.3, 0.4) is 0 Å². The van der Waals surface area contributed by atoms with Crippen molar-refractivity contribution < 1.29 is 19.2 Å². The summed E-state index contributed by atoms with van der Waals surface area (Å²) in [7, 11) is 0. The smallest absolute Gasteiger partial charge is 0.304 e. The number of likely N-dealkylation sites (tertiary alicyclic amines) is 1. The van der Waals surface area contributed by atoms with Crippen LogP contribution in [0.2, 0.25) is 0 Å². The van der Waals surface area contributed by atoms with Gasteiger partial charge < -0.3 is 14.5 Å². The summed E-state index contributed by atoms with van der Waals surface area (Å²) in [5.74, 6) is -0.948. The Morgan fingerprint density at radius 3 is 2.75 bits per heavy atom. The number of carboxylic acids is 1. The van der Waals surface area contributed by atoms with Gasteiger partial charge in [-0.3, -0.25) is 9.59 Å². The zero-order valence-corrected chi connectivity index (χ0v) is 8.84. The Balaban J connectivity index is 2.18. The fourth-order valence-electron chi connectivity index (χ4n) is 2.05. The normalized spacial score (nSPS) is 17.9. The molecule has 1 aromatic heterocycles. The SMILES string of the molecule is CC(=O)N1CC(CC(=O)O)(c2ccon2)C1. The molecule has 1 N–H and O–H groups in total. The van der Waals surface area contributed by atoms with Crippen LogP contribution in [-0.2, 0) is 15.0 Å². The zero-order valence-electron chi connectivity index (χ0n) is 8.84. The first-order valence-electron chi connectivity index (χ1n) is 4.92. The Labute approximate surface area is 91.8 Å². The van der Waals surface area contributed by atoms with E-state index in [-0.39, 0.29) is 12.3 Å². The minimum Gasteiger partial charge on any atom is -0.481 e. The topological polar surface area (TPSA) is 83.6 Å². The van der Waals surface area contributed by atoms with E-state index in [1.165, 1.54) is 13.2 Å². The van der Waals surface area contributed by atoms with Gasteiger partial charge in [-0.25, -0.2) is 0 Å². The first kappa shape index (κ1) is 10.7. The molecule has 1 saturated heterocycles. The van der Waals surface area contributed by atoms with Crippen LogP contribution in [0.25, 0.3) is 0 Å². The van der Waals surface area contributed by atoms with Crippen LogP contribution in [0.4, 0.5) is 0 Å². The van der Waals surface area contributed by atoms with Gasteiger partial charge in [0.25, 0.3) is 0 Å². The number of hydrogen-bond donors (Lipinski definition) is 1. The van der Waals surface area contributed by atoms with Gasteiger partial charge in [-0.2, -0.15) is 0 Å². The molecular formula is C10H12N2O4. The molecule has 2 rings (SSSR count). The monoisotopic (exact) mass is 224 g/mol. The van der Waals surface area contributed by atoms with E-state index in [0.29, 0.717) is 18.8 Å². The Morgan fingerprint density at radius 2 is 2.31 bits per heavy atom. The molecule has 6 nitrogen and oxygen atoms in total. The summed E-state index contributed by atoms with van der Waals surface area (Å²) in [6.45, 7) is 2.25. The van der Waals surface area contributed by atoms with Gasteiger partial charge in [0.05, 0.1) is 17.5 Å². The molecule has 2 heterocycles. The Bertz CT molecular complexity index is 406. The summed E-state index contributed by atoms with van der Waals surface area (Å²) in [6.07, 6.45) is 1.37. The van der Waals surface area contributed by atoms with Crippen LogP contribution in [0, 0.1) is 0 Å². The molecule has 1 aliphatic rings. The lowest BCUT2D eigenvalue weighted by atomic mass is 9.74. The molecule has 1 aliphatic heterocycles. The lowest BCUT2D eigenvalue weighted by molar-refractivity contribution is -0.146. The van der Waals surface area contributed by atoms with Crippen molar-refractivity contribution in [2.75, 3.05) is 13.1 Å². The van der Waals surface area contributed by atoms with Crippen LogP contribution in [0.1, 0.15) is 19.0 Å². The molecule has 1 fully saturated rings. The second kappa shape index (κ2) is 3.62. The Kier molecular flexibility index (Phi) is 2.41. The second-order valence-electron chi connectivity index (χ2n) is 4.11. The van der Waals surface area contributed by atoms with Crippen molar-refractivity contribution in [1.82, 2.24) is 10.1 Å². The van der Waals surface area contributed by atoms with Crippen molar-refractivity contribution in [1.29, 1.82) is 0 Å². The molecule has 0 aromatic carbocycles. The number of aromatic nitrogens is 1. The van der Waals surface area contributed by atoms with Gasteiger partial charge in [0, 0.05) is 26.1 Å². The highest BCUT2D eigenvalue weighted by Crippen LogP contribution is 2.36. The first-order chi connectivity index (χ1) is 7.53. The van der Waals surface area contributed by atoms with E-state index < -0.39 is 11.4 Å². The van der Waals surface area contributed by atoms with E-state index in [9.17, 15) is 9.59 Å². The summed E-state index contributed by atoms with van der Waals surface area (Å²) in [5, 5.41) is 12.7. The van der Waals surface area contributed by atoms with Crippen molar-refractivity contribution in [2.45, 2.75) is 18.8 Å². The van der Waals surface area contributed by atoms with Gasteiger partial charge in [-0.1, -0.05) is 5.16 Å². The summed E-state index contributed by atoms with van der Waals surface area (Å²) < 4.78 is 4.73. The van der Waals surface area contributed by atoms with Crippen molar-refractivity contribution >= 4 is 11.9 Å².